The van der Waals surface area contributed by atoms with Gasteiger partial charge in [0.2, 0.25) is 11.8 Å². The van der Waals surface area contributed by atoms with E-state index >= 15 is 0 Å². The van der Waals surface area contributed by atoms with Crippen LogP contribution in [0.1, 0.15) is 64.7 Å². The molecule has 2 rings (SSSR count). The van der Waals surface area contributed by atoms with Crippen LogP contribution in [0.15, 0.2) is 0 Å². The van der Waals surface area contributed by atoms with Gasteiger partial charge in [-0.1, -0.05) is 19.3 Å². The molecule has 2 fully saturated rings. The van der Waals surface area contributed by atoms with E-state index in [1.54, 1.807) is 6.92 Å². The number of rotatable bonds is 6. The molecule has 2 saturated carbocycles. The molecule has 0 bridgehead atoms. The molecule has 0 spiro atoms. The maximum atomic E-state index is 12.1. The third-order valence-corrected chi connectivity index (χ3v) is 4.95. The van der Waals surface area contributed by atoms with Crippen LogP contribution in [0.4, 0.5) is 0 Å². The van der Waals surface area contributed by atoms with Crippen molar-refractivity contribution in [3.05, 3.63) is 0 Å². The molecule has 0 aliphatic heterocycles. The first-order chi connectivity index (χ1) is 10.4. The first-order valence-corrected chi connectivity index (χ1v) is 8.28. The minimum atomic E-state index is -1.13. The highest BCUT2D eigenvalue weighted by molar-refractivity contribution is 5.92. The number of carboxylic acid groups (broad SMARTS) is 1. The van der Waals surface area contributed by atoms with Crippen molar-refractivity contribution in [3.63, 3.8) is 0 Å². The highest BCUT2D eigenvalue weighted by Crippen LogP contribution is 2.32. The Bertz CT molecular complexity index is 439. The molecule has 2 amide bonds. The van der Waals surface area contributed by atoms with Crippen molar-refractivity contribution >= 4 is 17.8 Å². The molecular weight excluding hydrogens is 284 g/mol. The van der Waals surface area contributed by atoms with Crippen molar-refractivity contribution < 1.29 is 19.5 Å². The maximum Gasteiger partial charge on any atom is 0.329 e. The summed E-state index contributed by atoms with van der Waals surface area (Å²) in [5, 5.41) is 14.5. The van der Waals surface area contributed by atoms with Gasteiger partial charge in [-0.3, -0.25) is 9.59 Å². The smallest absolute Gasteiger partial charge is 0.329 e. The number of carboxylic acids is 1. The van der Waals surface area contributed by atoms with Crippen LogP contribution in [0, 0.1) is 5.92 Å². The first kappa shape index (κ1) is 16.8. The Morgan fingerprint density at radius 1 is 1.14 bits per heavy atom. The number of carbonyl (C=O) groups is 3. The monoisotopic (exact) mass is 310 g/mol. The van der Waals surface area contributed by atoms with Crippen LogP contribution < -0.4 is 10.6 Å². The number of hydrogen-bond acceptors (Lipinski definition) is 3. The van der Waals surface area contributed by atoms with Gasteiger partial charge in [0.25, 0.3) is 0 Å². The predicted molar refractivity (Wildman–Crippen MR) is 81.2 cm³/mol. The fourth-order valence-corrected chi connectivity index (χ4v) is 3.29. The van der Waals surface area contributed by atoms with Crippen LogP contribution in [-0.4, -0.2) is 34.5 Å². The normalized spacial score (nSPS) is 22.2. The van der Waals surface area contributed by atoms with Gasteiger partial charge in [-0.05, 0) is 44.9 Å². The second kappa shape index (κ2) is 7.11. The lowest BCUT2D eigenvalue weighted by Gasteiger charge is -2.38. The summed E-state index contributed by atoms with van der Waals surface area (Å²) in [5.41, 5.74) is -1.13. The maximum absolute atomic E-state index is 12.1. The molecule has 0 heterocycles. The molecule has 6 nitrogen and oxygen atoms in total. The minimum absolute atomic E-state index is 0.118. The number of amides is 2. The zero-order chi connectivity index (χ0) is 16.2. The number of hydrogen-bond donors (Lipinski definition) is 3. The molecular formula is C16H26N2O4. The third-order valence-electron chi connectivity index (χ3n) is 4.95. The molecule has 1 unspecified atom stereocenters. The lowest BCUT2D eigenvalue weighted by molar-refractivity contribution is -0.152. The van der Waals surface area contributed by atoms with E-state index in [0.29, 0.717) is 25.2 Å². The molecule has 0 aromatic carbocycles. The van der Waals surface area contributed by atoms with Gasteiger partial charge in [0.05, 0.1) is 0 Å². The summed E-state index contributed by atoms with van der Waals surface area (Å²) in [6.45, 7) is 1.60. The Morgan fingerprint density at radius 2 is 1.77 bits per heavy atom. The molecule has 22 heavy (non-hydrogen) atoms. The van der Waals surface area contributed by atoms with E-state index in [0.717, 1.165) is 19.3 Å². The Labute approximate surface area is 131 Å². The summed E-state index contributed by atoms with van der Waals surface area (Å²) in [6.07, 6.45) is 7.93. The standard InChI is InChI=1S/C16H26N2O4/c1-11(14(20)18-16(15(21)22)8-5-9-16)17-13(19)10-12-6-3-2-4-7-12/h11-12H,2-10H2,1H3,(H,17,19)(H,18,20)(H,21,22). The average molecular weight is 310 g/mol. The summed E-state index contributed by atoms with van der Waals surface area (Å²) < 4.78 is 0. The Balaban J connectivity index is 1.78. The number of aliphatic carboxylic acids is 1. The van der Waals surface area contributed by atoms with E-state index in [9.17, 15) is 19.5 Å². The van der Waals surface area contributed by atoms with E-state index < -0.39 is 23.5 Å². The summed E-state index contributed by atoms with van der Waals surface area (Å²) in [7, 11) is 0. The number of nitrogens with one attached hydrogen (secondary N) is 2. The van der Waals surface area contributed by atoms with E-state index in [4.69, 9.17) is 0 Å². The fraction of sp³-hybridized carbons (Fsp3) is 0.812. The zero-order valence-electron chi connectivity index (χ0n) is 13.2. The Kier molecular flexibility index (Phi) is 5.42. The highest BCUT2D eigenvalue weighted by Gasteiger charge is 2.46. The van der Waals surface area contributed by atoms with Gasteiger partial charge in [0.1, 0.15) is 11.6 Å². The summed E-state index contributed by atoms with van der Waals surface area (Å²) in [4.78, 5) is 35.3. The van der Waals surface area contributed by atoms with E-state index in [2.05, 4.69) is 10.6 Å². The van der Waals surface area contributed by atoms with Gasteiger partial charge in [-0.15, -0.1) is 0 Å². The van der Waals surface area contributed by atoms with Gasteiger partial charge in [0, 0.05) is 6.42 Å². The quantitative estimate of drug-likeness (QED) is 0.694. The molecule has 0 aromatic rings. The molecule has 124 valence electrons. The molecule has 6 heteroatoms. The van der Waals surface area contributed by atoms with Crippen molar-refractivity contribution in [1.82, 2.24) is 10.6 Å². The van der Waals surface area contributed by atoms with Gasteiger partial charge < -0.3 is 15.7 Å². The molecule has 2 aliphatic carbocycles. The van der Waals surface area contributed by atoms with E-state index in [1.165, 1.54) is 19.3 Å². The Hall–Kier alpha value is -1.59. The Morgan fingerprint density at radius 3 is 2.27 bits per heavy atom. The summed E-state index contributed by atoms with van der Waals surface area (Å²) >= 11 is 0. The molecule has 3 N–H and O–H groups in total. The molecule has 0 saturated heterocycles. The molecule has 0 aromatic heterocycles. The predicted octanol–water partition coefficient (Wildman–Crippen LogP) is 1.58. The van der Waals surface area contributed by atoms with Crippen molar-refractivity contribution in [2.24, 2.45) is 5.92 Å². The van der Waals surface area contributed by atoms with Crippen LogP contribution in [0.2, 0.25) is 0 Å². The van der Waals surface area contributed by atoms with E-state index in [-0.39, 0.29) is 5.91 Å². The second-order valence-corrected chi connectivity index (χ2v) is 6.73. The third kappa shape index (κ3) is 3.99. The van der Waals surface area contributed by atoms with Gasteiger partial charge >= 0.3 is 5.97 Å². The lowest BCUT2D eigenvalue weighted by Crippen LogP contribution is -2.62. The van der Waals surface area contributed by atoms with Gasteiger partial charge in [-0.2, -0.15) is 0 Å². The van der Waals surface area contributed by atoms with E-state index in [1.807, 2.05) is 0 Å². The fourth-order valence-electron chi connectivity index (χ4n) is 3.29. The molecule has 2 aliphatic rings. The number of carbonyl (C=O) groups excluding carboxylic acids is 2. The SMILES string of the molecule is CC(NC(=O)CC1CCCCC1)C(=O)NC1(C(=O)O)CCC1. The first-order valence-electron chi connectivity index (χ1n) is 8.28. The van der Waals surface area contributed by atoms with Gasteiger partial charge in [-0.25, -0.2) is 4.79 Å². The van der Waals surface area contributed by atoms with Crippen molar-refractivity contribution in [3.8, 4) is 0 Å². The highest BCUT2D eigenvalue weighted by atomic mass is 16.4. The largest absolute Gasteiger partial charge is 0.480 e. The second-order valence-electron chi connectivity index (χ2n) is 6.73. The van der Waals surface area contributed by atoms with Gasteiger partial charge in [0.15, 0.2) is 0 Å². The zero-order valence-corrected chi connectivity index (χ0v) is 13.2. The van der Waals surface area contributed by atoms with Crippen LogP contribution >= 0.6 is 0 Å². The van der Waals surface area contributed by atoms with Crippen LogP contribution in [0.5, 0.6) is 0 Å². The molecule has 0 radical (unpaired) electrons. The average Bonchev–Trinajstić information content (AvgIpc) is 2.43. The summed E-state index contributed by atoms with van der Waals surface area (Å²) in [5.74, 6) is -1.11. The van der Waals surface area contributed by atoms with Crippen molar-refractivity contribution in [1.29, 1.82) is 0 Å². The topological polar surface area (TPSA) is 95.5 Å². The summed E-state index contributed by atoms with van der Waals surface area (Å²) in [6, 6.07) is -0.701. The molecule has 1 atom stereocenters. The van der Waals surface area contributed by atoms with Crippen LogP contribution in [-0.2, 0) is 14.4 Å². The van der Waals surface area contributed by atoms with Crippen molar-refractivity contribution in [2.45, 2.75) is 76.3 Å². The minimum Gasteiger partial charge on any atom is -0.480 e. The van der Waals surface area contributed by atoms with Crippen LogP contribution in [0.3, 0.4) is 0 Å². The van der Waals surface area contributed by atoms with Crippen molar-refractivity contribution in [2.75, 3.05) is 0 Å². The van der Waals surface area contributed by atoms with Crippen LogP contribution in [0.25, 0.3) is 0 Å². The lowest BCUT2D eigenvalue weighted by atomic mass is 9.76.